The van der Waals surface area contributed by atoms with Crippen LogP contribution in [0.4, 0.5) is 0 Å². The predicted octanol–water partition coefficient (Wildman–Crippen LogP) is 2.44. The van der Waals surface area contributed by atoms with Crippen molar-refractivity contribution in [1.29, 1.82) is 0 Å². The lowest BCUT2D eigenvalue weighted by atomic mass is 9.93. The molecule has 2 N–H and O–H groups in total. The van der Waals surface area contributed by atoms with E-state index in [9.17, 15) is 9.59 Å². The van der Waals surface area contributed by atoms with Crippen LogP contribution in [0, 0.1) is 12.8 Å². The molecule has 0 bridgehead atoms. The summed E-state index contributed by atoms with van der Waals surface area (Å²) in [6, 6.07) is 11.3. The zero-order valence-electron chi connectivity index (χ0n) is 18.4. The van der Waals surface area contributed by atoms with Gasteiger partial charge in [0.15, 0.2) is 36.2 Å². The lowest BCUT2D eigenvalue weighted by molar-refractivity contribution is -0.689. The molecule has 7 nitrogen and oxygen atoms in total. The molecule has 2 aromatic heterocycles. The predicted molar refractivity (Wildman–Crippen MR) is 118 cm³/mol. The van der Waals surface area contributed by atoms with Crippen molar-refractivity contribution in [3.63, 3.8) is 0 Å². The SMILES string of the molecule is COc1cc2c(cc1OC)C(=O)C(Cc1cc[n+](Cc3cccc(C)n3)cc1C(N)=O)C2. The van der Waals surface area contributed by atoms with E-state index in [1.165, 1.54) is 0 Å². The van der Waals surface area contributed by atoms with Gasteiger partial charge in [-0.3, -0.25) is 14.6 Å². The van der Waals surface area contributed by atoms with E-state index in [0.29, 0.717) is 42.0 Å². The van der Waals surface area contributed by atoms with Crippen LogP contribution in [0.5, 0.6) is 11.5 Å². The molecule has 164 valence electrons. The normalized spacial score (nSPS) is 14.8. The maximum Gasteiger partial charge on any atom is 0.255 e. The Labute approximate surface area is 186 Å². The lowest BCUT2D eigenvalue weighted by Gasteiger charge is -2.10. The molecule has 0 radical (unpaired) electrons. The average molecular weight is 433 g/mol. The first-order valence-electron chi connectivity index (χ1n) is 10.4. The van der Waals surface area contributed by atoms with Crippen molar-refractivity contribution in [3.8, 4) is 11.5 Å². The highest BCUT2D eigenvalue weighted by molar-refractivity contribution is 6.03. The van der Waals surface area contributed by atoms with Crippen LogP contribution in [0.25, 0.3) is 0 Å². The van der Waals surface area contributed by atoms with Crippen LogP contribution in [0.1, 0.15) is 43.2 Å². The highest BCUT2D eigenvalue weighted by atomic mass is 16.5. The van der Waals surface area contributed by atoms with E-state index in [0.717, 1.165) is 22.5 Å². The van der Waals surface area contributed by atoms with Gasteiger partial charge in [0.2, 0.25) is 0 Å². The van der Waals surface area contributed by atoms with Gasteiger partial charge < -0.3 is 15.2 Å². The molecule has 1 aliphatic rings. The summed E-state index contributed by atoms with van der Waals surface area (Å²) < 4.78 is 12.6. The number of carbonyl (C=O) groups excluding carboxylic acids is 2. The summed E-state index contributed by atoms with van der Waals surface area (Å²) in [5.41, 5.74) is 10.3. The van der Waals surface area contributed by atoms with Crippen molar-refractivity contribution < 1.29 is 23.6 Å². The average Bonchev–Trinajstić information content (AvgIpc) is 3.08. The molecule has 0 fully saturated rings. The third-order valence-electron chi connectivity index (χ3n) is 5.84. The van der Waals surface area contributed by atoms with Crippen LogP contribution in [0.2, 0.25) is 0 Å². The van der Waals surface area contributed by atoms with Gasteiger partial charge in [0.05, 0.1) is 14.2 Å². The number of amides is 1. The number of pyridine rings is 2. The van der Waals surface area contributed by atoms with E-state index in [1.54, 1.807) is 26.5 Å². The molecule has 2 heterocycles. The van der Waals surface area contributed by atoms with Gasteiger partial charge in [0.25, 0.3) is 5.91 Å². The van der Waals surface area contributed by atoms with E-state index in [2.05, 4.69) is 4.98 Å². The highest BCUT2D eigenvalue weighted by Gasteiger charge is 2.33. The van der Waals surface area contributed by atoms with Crippen molar-refractivity contribution in [1.82, 2.24) is 4.98 Å². The molecule has 0 aliphatic heterocycles. The van der Waals surface area contributed by atoms with Gasteiger partial charge in [0, 0.05) is 23.2 Å². The number of methoxy groups -OCH3 is 2. The molecule has 1 aromatic carbocycles. The van der Waals surface area contributed by atoms with Gasteiger partial charge in [-0.2, -0.15) is 4.57 Å². The third kappa shape index (κ3) is 4.19. The van der Waals surface area contributed by atoms with Crippen LogP contribution in [-0.2, 0) is 19.4 Å². The first kappa shape index (κ1) is 21.5. The van der Waals surface area contributed by atoms with E-state index in [1.807, 2.05) is 48.0 Å². The Balaban J connectivity index is 1.58. The van der Waals surface area contributed by atoms with Gasteiger partial charge in [0.1, 0.15) is 11.3 Å². The number of benzene rings is 1. The maximum absolute atomic E-state index is 13.1. The Hall–Kier alpha value is -3.74. The standard InChI is InChI=1S/C25H25N3O4/c1-15-5-4-6-19(27-15)13-28-8-7-16(21(14-28)25(26)30)9-18-10-17-11-22(31-2)23(32-3)12-20(17)24(18)29/h4-8,11-12,14,18H,9-10,13H2,1-3H3,(H-,26,30)/p+1. The number of aromatic nitrogens is 2. The fraction of sp³-hybridized carbons (Fsp3) is 0.280. The largest absolute Gasteiger partial charge is 0.493 e. The fourth-order valence-electron chi connectivity index (χ4n) is 4.27. The second-order valence-corrected chi connectivity index (χ2v) is 8.02. The summed E-state index contributed by atoms with van der Waals surface area (Å²) in [5, 5.41) is 0. The molecular formula is C25H26N3O4+. The monoisotopic (exact) mass is 432 g/mol. The Morgan fingerprint density at radius 3 is 2.62 bits per heavy atom. The van der Waals surface area contributed by atoms with Gasteiger partial charge in [-0.15, -0.1) is 0 Å². The molecule has 3 aromatic rings. The number of ketones is 1. The van der Waals surface area contributed by atoms with E-state index in [-0.39, 0.29) is 11.7 Å². The number of Topliss-reactive ketones (excluding diaryl/α,β-unsaturated/α-hetero) is 1. The van der Waals surface area contributed by atoms with Gasteiger partial charge in [-0.1, -0.05) is 6.07 Å². The number of aryl methyl sites for hydroxylation is 1. The zero-order valence-corrected chi connectivity index (χ0v) is 18.4. The lowest BCUT2D eigenvalue weighted by Crippen LogP contribution is -2.36. The van der Waals surface area contributed by atoms with Crippen LogP contribution in [0.15, 0.2) is 48.8 Å². The number of nitrogens with two attached hydrogens (primary N) is 1. The summed E-state index contributed by atoms with van der Waals surface area (Å²) in [7, 11) is 3.12. The van der Waals surface area contributed by atoms with Crippen molar-refractivity contribution in [3.05, 3.63) is 82.4 Å². The molecule has 0 saturated carbocycles. The van der Waals surface area contributed by atoms with E-state index < -0.39 is 5.91 Å². The summed E-state index contributed by atoms with van der Waals surface area (Å²) in [4.78, 5) is 29.8. The first-order chi connectivity index (χ1) is 15.4. The fourth-order valence-corrected chi connectivity index (χ4v) is 4.27. The third-order valence-corrected chi connectivity index (χ3v) is 5.84. The minimum absolute atomic E-state index is 0.0389. The number of nitrogens with zero attached hydrogens (tertiary/aromatic N) is 2. The van der Waals surface area contributed by atoms with Gasteiger partial charge >= 0.3 is 0 Å². The van der Waals surface area contributed by atoms with Gasteiger partial charge in [-0.05, 0) is 55.2 Å². The van der Waals surface area contributed by atoms with Crippen molar-refractivity contribution in [2.45, 2.75) is 26.3 Å². The van der Waals surface area contributed by atoms with Crippen LogP contribution in [-0.4, -0.2) is 30.9 Å². The molecule has 0 spiro atoms. The number of primary amides is 1. The highest BCUT2D eigenvalue weighted by Crippen LogP contribution is 2.37. The summed E-state index contributed by atoms with van der Waals surface area (Å²) >= 11 is 0. The Bertz CT molecular complexity index is 1210. The van der Waals surface area contributed by atoms with Crippen LogP contribution >= 0.6 is 0 Å². The number of hydrogen-bond donors (Lipinski definition) is 1. The molecule has 0 saturated heterocycles. The summed E-state index contributed by atoms with van der Waals surface area (Å²) in [6.07, 6.45) is 4.64. The molecule has 4 rings (SSSR count). The topological polar surface area (TPSA) is 95.4 Å². The maximum atomic E-state index is 13.1. The van der Waals surface area contributed by atoms with E-state index in [4.69, 9.17) is 15.2 Å². The van der Waals surface area contributed by atoms with E-state index >= 15 is 0 Å². The molecule has 1 amide bonds. The first-order valence-corrected chi connectivity index (χ1v) is 10.4. The molecular weight excluding hydrogens is 406 g/mol. The Morgan fingerprint density at radius 1 is 1.19 bits per heavy atom. The second-order valence-electron chi connectivity index (χ2n) is 8.02. The molecule has 32 heavy (non-hydrogen) atoms. The summed E-state index contributed by atoms with van der Waals surface area (Å²) in [5.74, 6) is 0.385. The number of rotatable bonds is 7. The number of hydrogen-bond acceptors (Lipinski definition) is 5. The number of fused-ring (bicyclic) bond motifs is 1. The Kier molecular flexibility index (Phi) is 5.90. The van der Waals surface area contributed by atoms with Crippen molar-refractivity contribution in [2.24, 2.45) is 11.7 Å². The quantitative estimate of drug-likeness (QED) is 0.579. The van der Waals surface area contributed by atoms with Crippen LogP contribution < -0.4 is 19.8 Å². The zero-order chi connectivity index (χ0) is 22.8. The minimum atomic E-state index is -0.516. The summed E-state index contributed by atoms with van der Waals surface area (Å²) in [6.45, 7) is 2.46. The Morgan fingerprint density at radius 2 is 1.94 bits per heavy atom. The minimum Gasteiger partial charge on any atom is -0.493 e. The number of carbonyl (C=O) groups is 2. The number of ether oxygens (including phenoxy) is 2. The molecule has 1 atom stereocenters. The van der Waals surface area contributed by atoms with Crippen molar-refractivity contribution in [2.75, 3.05) is 14.2 Å². The smallest absolute Gasteiger partial charge is 0.255 e. The van der Waals surface area contributed by atoms with Gasteiger partial charge in [-0.25, -0.2) is 0 Å². The molecule has 1 aliphatic carbocycles. The van der Waals surface area contributed by atoms with Crippen molar-refractivity contribution >= 4 is 11.7 Å². The second kappa shape index (κ2) is 8.78. The molecule has 7 heteroatoms. The van der Waals surface area contributed by atoms with Crippen LogP contribution in [0.3, 0.4) is 0 Å². The molecule has 1 unspecified atom stereocenters.